The Bertz CT molecular complexity index is 718. The fourth-order valence-electron chi connectivity index (χ4n) is 1.86. The first kappa shape index (κ1) is 16.8. The lowest BCUT2D eigenvalue weighted by Crippen LogP contribution is -2.48. The minimum absolute atomic E-state index is 0.341. The van der Waals surface area contributed by atoms with Crippen molar-refractivity contribution < 1.29 is 9.53 Å². The van der Waals surface area contributed by atoms with E-state index in [9.17, 15) is 4.79 Å². The zero-order valence-electron chi connectivity index (χ0n) is 12.6. The van der Waals surface area contributed by atoms with Crippen LogP contribution in [0.5, 0.6) is 5.75 Å². The third kappa shape index (κ3) is 4.24. The third-order valence-electron chi connectivity index (χ3n) is 3.04. The summed E-state index contributed by atoms with van der Waals surface area (Å²) in [6, 6.07) is 7.64. The Morgan fingerprint density at radius 2 is 2.18 bits per heavy atom. The molecule has 0 spiro atoms. The molecule has 0 amide bonds. The van der Waals surface area contributed by atoms with E-state index in [1.807, 2.05) is 31.2 Å². The summed E-state index contributed by atoms with van der Waals surface area (Å²) in [7, 11) is 0. The molecule has 0 aliphatic rings. The first-order valence-corrected chi connectivity index (χ1v) is 8.01. The second-order valence-corrected chi connectivity index (χ2v) is 6.95. The van der Waals surface area contributed by atoms with E-state index in [2.05, 4.69) is 26.2 Å². The smallest absolute Gasteiger partial charge is 0.146 e. The topological polar surface area (TPSA) is 51.2 Å². The standard InChI is InChI=1S/C16H17BrN2O2S/c1-10(15(22)19-16(2,3)9-20)21-13-4-5-14-11(7-13)6-12(17)8-18-14/h4-10H,1-3H3,(H,19,22). The molecule has 0 bridgehead atoms. The van der Waals surface area contributed by atoms with Gasteiger partial charge in [0.25, 0.3) is 0 Å². The lowest BCUT2D eigenvalue weighted by Gasteiger charge is -2.24. The quantitative estimate of drug-likeness (QED) is 0.633. The van der Waals surface area contributed by atoms with Gasteiger partial charge >= 0.3 is 0 Å². The largest absolute Gasteiger partial charge is 0.484 e. The predicted octanol–water partition coefficient (Wildman–Crippen LogP) is 3.66. The van der Waals surface area contributed by atoms with Crippen LogP contribution >= 0.6 is 28.1 Å². The summed E-state index contributed by atoms with van der Waals surface area (Å²) in [5, 5.41) is 3.97. The molecule has 0 radical (unpaired) electrons. The molecular formula is C16H17BrN2O2S. The Labute approximate surface area is 143 Å². The second kappa shape index (κ2) is 6.71. The average Bonchev–Trinajstić information content (AvgIpc) is 2.46. The van der Waals surface area contributed by atoms with Gasteiger partial charge in [0.1, 0.15) is 23.1 Å². The highest BCUT2D eigenvalue weighted by molar-refractivity contribution is 9.10. The van der Waals surface area contributed by atoms with Crippen LogP contribution in [0.25, 0.3) is 10.9 Å². The summed E-state index contributed by atoms with van der Waals surface area (Å²) >= 11 is 8.70. The van der Waals surface area contributed by atoms with Gasteiger partial charge in [-0.15, -0.1) is 0 Å². The summed E-state index contributed by atoms with van der Waals surface area (Å²) in [4.78, 5) is 15.8. The molecule has 1 unspecified atom stereocenters. The summed E-state index contributed by atoms with van der Waals surface area (Å²) in [6.07, 6.45) is 2.24. The van der Waals surface area contributed by atoms with Gasteiger partial charge in [0.2, 0.25) is 0 Å². The molecule has 0 fully saturated rings. The van der Waals surface area contributed by atoms with Gasteiger partial charge in [0, 0.05) is 16.1 Å². The lowest BCUT2D eigenvalue weighted by atomic mass is 10.1. The van der Waals surface area contributed by atoms with E-state index in [-0.39, 0.29) is 6.10 Å². The summed E-state index contributed by atoms with van der Waals surface area (Å²) < 4.78 is 6.76. The van der Waals surface area contributed by atoms with Crippen molar-refractivity contribution in [2.24, 2.45) is 0 Å². The number of nitrogens with one attached hydrogen (secondary N) is 1. The molecule has 1 N–H and O–H groups in total. The van der Waals surface area contributed by atoms with Crippen LogP contribution < -0.4 is 10.1 Å². The molecule has 0 saturated carbocycles. The van der Waals surface area contributed by atoms with Crippen molar-refractivity contribution in [3.63, 3.8) is 0 Å². The molecule has 1 heterocycles. The molecular weight excluding hydrogens is 364 g/mol. The van der Waals surface area contributed by atoms with E-state index < -0.39 is 5.54 Å². The van der Waals surface area contributed by atoms with Gasteiger partial charge in [0.15, 0.2) is 0 Å². The van der Waals surface area contributed by atoms with E-state index in [1.165, 1.54) is 0 Å². The van der Waals surface area contributed by atoms with Crippen LogP contribution in [0.4, 0.5) is 0 Å². The number of pyridine rings is 1. The van der Waals surface area contributed by atoms with Gasteiger partial charge in [-0.2, -0.15) is 0 Å². The number of halogens is 1. The zero-order chi connectivity index (χ0) is 16.3. The molecule has 1 aromatic heterocycles. The molecule has 2 rings (SSSR count). The Balaban J connectivity index is 2.12. The maximum absolute atomic E-state index is 10.9. The number of carbonyl (C=O) groups excluding carboxylic acids is 1. The van der Waals surface area contributed by atoms with Crippen LogP contribution in [0.2, 0.25) is 0 Å². The summed E-state index contributed by atoms with van der Waals surface area (Å²) in [5.41, 5.74) is 0.193. The maximum Gasteiger partial charge on any atom is 0.146 e. The molecule has 4 nitrogen and oxygen atoms in total. The monoisotopic (exact) mass is 380 g/mol. The summed E-state index contributed by atoms with van der Waals surface area (Å²) in [6.45, 7) is 5.37. The van der Waals surface area contributed by atoms with Gasteiger partial charge in [-0.3, -0.25) is 4.98 Å². The minimum atomic E-state index is -0.702. The first-order valence-electron chi connectivity index (χ1n) is 6.81. The number of aromatic nitrogens is 1. The number of fused-ring (bicyclic) bond motifs is 1. The summed E-state index contributed by atoms with van der Waals surface area (Å²) in [5.74, 6) is 0.702. The normalized spacial score (nSPS) is 12.7. The van der Waals surface area contributed by atoms with E-state index >= 15 is 0 Å². The van der Waals surface area contributed by atoms with E-state index in [1.54, 1.807) is 20.0 Å². The molecule has 0 aliphatic heterocycles. The number of aldehydes is 1. The van der Waals surface area contributed by atoms with E-state index in [4.69, 9.17) is 17.0 Å². The van der Waals surface area contributed by atoms with Crippen LogP contribution in [0, 0.1) is 0 Å². The van der Waals surface area contributed by atoms with Crippen LogP contribution in [0.15, 0.2) is 34.9 Å². The first-order chi connectivity index (χ1) is 10.3. The SMILES string of the molecule is CC(Oc1ccc2ncc(Br)cc2c1)C(=S)NC(C)(C)C=O. The molecule has 22 heavy (non-hydrogen) atoms. The van der Waals surface area contributed by atoms with E-state index in [0.29, 0.717) is 10.7 Å². The average molecular weight is 381 g/mol. The molecule has 1 aromatic carbocycles. The van der Waals surface area contributed by atoms with Crippen LogP contribution in [-0.4, -0.2) is 27.9 Å². The van der Waals surface area contributed by atoms with Crippen molar-refractivity contribution in [3.05, 3.63) is 34.9 Å². The fourth-order valence-corrected chi connectivity index (χ4v) is 2.52. The van der Waals surface area contributed by atoms with E-state index in [0.717, 1.165) is 21.7 Å². The lowest BCUT2D eigenvalue weighted by molar-refractivity contribution is -0.111. The number of hydrogen-bond donors (Lipinski definition) is 1. The fraction of sp³-hybridized carbons (Fsp3) is 0.312. The van der Waals surface area contributed by atoms with Crippen molar-refractivity contribution in [2.45, 2.75) is 32.4 Å². The Hall–Kier alpha value is -1.53. The Kier molecular flexibility index (Phi) is 5.13. The predicted molar refractivity (Wildman–Crippen MR) is 95.4 cm³/mol. The minimum Gasteiger partial charge on any atom is -0.484 e. The molecule has 0 aliphatic carbocycles. The molecule has 2 aromatic rings. The zero-order valence-corrected chi connectivity index (χ0v) is 15.0. The highest BCUT2D eigenvalue weighted by Crippen LogP contribution is 2.23. The number of benzene rings is 1. The number of rotatable bonds is 5. The van der Waals surface area contributed by atoms with Crippen molar-refractivity contribution in [3.8, 4) is 5.75 Å². The van der Waals surface area contributed by atoms with Crippen molar-refractivity contribution >= 4 is 50.3 Å². The number of carbonyl (C=O) groups is 1. The Morgan fingerprint density at radius 3 is 2.86 bits per heavy atom. The number of thiocarbonyl (C=S) groups is 1. The van der Waals surface area contributed by atoms with Crippen molar-refractivity contribution in [2.75, 3.05) is 0 Å². The van der Waals surface area contributed by atoms with Gasteiger partial charge in [-0.25, -0.2) is 0 Å². The van der Waals surface area contributed by atoms with Crippen molar-refractivity contribution in [1.82, 2.24) is 10.3 Å². The van der Waals surface area contributed by atoms with Crippen LogP contribution in [0.1, 0.15) is 20.8 Å². The van der Waals surface area contributed by atoms with Gasteiger partial charge < -0.3 is 14.8 Å². The maximum atomic E-state index is 10.9. The van der Waals surface area contributed by atoms with Gasteiger partial charge in [0.05, 0.1) is 11.1 Å². The number of nitrogens with zero attached hydrogens (tertiary/aromatic N) is 1. The van der Waals surface area contributed by atoms with Gasteiger partial charge in [-0.1, -0.05) is 12.2 Å². The van der Waals surface area contributed by atoms with Crippen LogP contribution in [-0.2, 0) is 4.79 Å². The van der Waals surface area contributed by atoms with Gasteiger partial charge in [-0.05, 0) is 61.0 Å². The molecule has 0 saturated heterocycles. The second-order valence-electron chi connectivity index (χ2n) is 5.60. The third-order valence-corrected chi connectivity index (χ3v) is 3.91. The number of hydrogen-bond acceptors (Lipinski definition) is 4. The molecule has 1 atom stereocenters. The van der Waals surface area contributed by atoms with Crippen molar-refractivity contribution in [1.29, 1.82) is 0 Å². The highest BCUT2D eigenvalue weighted by atomic mass is 79.9. The highest BCUT2D eigenvalue weighted by Gasteiger charge is 2.21. The Morgan fingerprint density at radius 1 is 1.45 bits per heavy atom. The van der Waals surface area contributed by atoms with Crippen LogP contribution in [0.3, 0.4) is 0 Å². The molecule has 6 heteroatoms. The molecule has 116 valence electrons. The number of ether oxygens (including phenoxy) is 1.